The molecule has 1 aromatic rings. The standard InChI is InChI=1S/C14H17F4NO/c15-13-5-11(4-12(6-13)14(16,17)18)8-19-3-1-2-10(7-19)9-20/h4-6,10,20H,1-3,7-9H2. The molecule has 0 aromatic heterocycles. The Labute approximate surface area is 115 Å². The van der Waals surface area contributed by atoms with Gasteiger partial charge in [0.2, 0.25) is 0 Å². The third-order valence-electron chi connectivity index (χ3n) is 3.55. The number of aliphatic hydroxyl groups excluding tert-OH is 1. The smallest absolute Gasteiger partial charge is 0.396 e. The number of alkyl halides is 3. The SMILES string of the molecule is OCC1CCCN(Cc2cc(F)cc(C(F)(F)F)c2)C1. The number of nitrogens with zero attached hydrogens (tertiary/aromatic N) is 1. The molecule has 112 valence electrons. The lowest BCUT2D eigenvalue weighted by Gasteiger charge is -2.31. The van der Waals surface area contributed by atoms with Crippen LogP contribution < -0.4 is 0 Å². The van der Waals surface area contributed by atoms with E-state index in [2.05, 4.69) is 0 Å². The predicted octanol–water partition coefficient (Wildman–Crippen LogP) is 3.05. The first kappa shape index (κ1) is 15.3. The summed E-state index contributed by atoms with van der Waals surface area (Å²) in [5.74, 6) is -0.718. The molecule has 1 aliphatic rings. The van der Waals surface area contributed by atoms with E-state index in [0.29, 0.717) is 18.2 Å². The topological polar surface area (TPSA) is 23.5 Å². The van der Waals surface area contributed by atoms with Gasteiger partial charge in [0.05, 0.1) is 5.56 Å². The van der Waals surface area contributed by atoms with Gasteiger partial charge in [-0.3, -0.25) is 4.90 Å². The summed E-state index contributed by atoms with van der Waals surface area (Å²) in [5.41, 5.74) is -0.640. The van der Waals surface area contributed by atoms with E-state index >= 15 is 0 Å². The Hall–Kier alpha value is -1.14. The van der Waals surface area contributed by atoms with Crippen molar-refractivity contribution in [3.8, 4) is 0 Å². The van der Waals surface area contributed by atoms with E-state index in [4.69, 9.17) is 5.11 Å². The molecule has 0 amide bonds. The summed E-state index contributed by atoms with van der Waals surface area (Å²) in [6, 6.07) is 2.64. The van der Waals surface area contributed by atoms with E-state index in [0.717, 1.165) is 31.5 Å². The Morgan fingerprint density at radius 1 is 1.25 bits per heavy atom. The number of piperidine rings is 1. The van der Waals surface area contributed by atoms with Crippen LogP contribution in [0.25, 0.3) is 0 Å². The van der Waals surface area contributed by atoms with E-state index in [-0.39, 0.29) is 19.1 Å². The molecule has 1 saturated heterocycles. The van der Waals surface area contributed by atoms with Crippen molar-refractivity contribution in [1.29, 1.82) is 0 Å². The van der Waals surface area contributed by atoms with Gasteiger partial charge >= 0.3 is 6.18 Å². The van der Waals surface area contributed by atoms with Crippen molar-refractivity contribution < 1.29 is 22.7 Å². The van der Waals surface area contributed by atoms with Crippen molar-refractivity contribution >= 4 is 0 Å². The number of likely N-dealkylation sites (tertiary alicyclic amines) is 1. The molecule has 1 aliphatic heterocycles. The molecule has 1 fully saturated rings. The molecule has 0 radical (unpaired) electrons. The molecule has 0 saturated carbocycles. The minimum absolute atomic E-state index is 0.0768. The maximum atomic E-state index is 13.3. The van der Waals surface area contributed by atoms with Crippen LogP contribution in [0.3, 0.4) is 0 Å². The molecule has 0 bridgehead atoms. The largest absolute Gasteiger partial charge is 0.416 e. The zero-order valence-corrected chi connectivity index (χ0v) is 11.0. The van der Waals surface area contributed by atoms with Crippen LogP contribution in [0.5, 0.6) is 0 Å². The number of hydrogen-bond donors (Lipinski definition) is 1. The normalized spacial score (nSPS) is 21.1. The third kappa shape index (κ3) is 3.93. The lowest BCUT2D eigenvalue weighted by molar-refractivity contribution is -0.137. The first-order chi connectivity index (χ1) is 9.38. The van der Waals surface area contributed by atoms with Crippen LogP contribution in [-0.4, -0.2) is 29.7 Å². The summed E-state index contributed by atoms with van der Waals surface area (Å²) in [4.78, 5) is 1.96. The average molecular weight is 291 g/mol. The van der Waals surface area contributed by atoms with Crippen molar-refractivity contribution in [3.05, 3.63) is 35.1 Å². The van der Waals surface area contributed by atoms with Gasteiger partial charge < -0.3 is 5.11 Å². The van der Waals surface area contributed by atoms with Crippen molar-refractivity contribution in [2.75, 3.05) is 19.7 Å². The second-order valence-electron chi connectivity index (χ2n) is 5.27. The van der Waals surface area contributed by atoms with Crippen molar-refractivity contribution in [2.24, 2.45) is 5.92 Å². The van der Waals surface area contributed by atoms with Crippen molar-refractivity contribution in [3.63, 3.8) is 0 Å². The Balaban J connectivity index is 2.11. The quantitative estimate of drug-likeness (QED) is 0.865. The van der Waals surface area contributed by atoms with Crippen LogP contribution in [0.15, 0.2) is 18.2 Å². The number of rotatable bonds is 3. The van der Waals surface area contributed by atoms with E-state index in [1.807, 2.05) is 4.90 Å². The Bertz CT molecular complexity index is 461. The summed E-state index contributed by atoms with van der Waals surface area (Å²) in [5, 5.41) is 9.13. The maximum absolute atomic E-state index is 13.3. The van der Waals surface area contributed by atoms with Gasteiger partial charge in [-0.1, -0.05) is 0 Å². The molecule has 2 rings (SSSR count). The number of hydrogen-bond acceptors (Lipinski definition) is 2. The van der Waals surface area contributed by atoms with Gasteiger partial charge in [-0.05, 0) is 49.1 Å². The highest BCUT2D eigenvalue weighted by molar-refractivity contribution is 5.26. The molecule has 0 aliphatic carbocycles. The highest BCUT2D eigenvalue weighted by Gasteiger charge is 2.31. The molecule has 1 aromatic carbocycles. The Morgan fingerprint density at radius 2 is 2.00 bits per heavy atom. The molecular formula is C14H17F4NO. The second-order valence-corrected chi connectivity index (χ2v) is 5.27. The first-order valence-corrected chi connectivity index (χ1v) is 6.58. The number of halogens is 4. The van der Waals surface area contributed by atoms with Gasteiger partial charge in [-0.25, -0.2) is 4.39 Å². The predicted molar refractivity (Wildman–Crippen MR) is 66.5 cm³/mol. The van der Waals surface area contributed by atoms with Crippen LogP contribution in [0.4, 0.5) is 17.6 Å². The Morgan fingerprint density at radius 3 is 2.65 bits per heavy atom. The maximum Gasteiger partial charge on any atom is 0.416 e. The summed E-state index contributed by atoms with van der Waals surface area (Å²) < 4.78 is 51.2. The van der Waals surface area contributed by atoms with Crippen LogP contribution >= 0.6 is 0 Å². The monoisotopic (exact) mass is 291 g/mol. The second kappa shape index (κ2) is 6.10. The van der Waals surface area contributed by atoms with Crippen LogP contribution in [0.2, 0.25) is 0 Å². The molecule has 1 heterocycles. The van der Waals surface area contributed by atoms with E-state index in [9.17, 15) is 17.6 Å². The first-order valence-electron chi connectivity index (χ1n) is 6.58. The fraction of sp³-hybridized carbons (Fsp3) is 0.571. The van der Waals surface area contributed by atoms with Crippen LogP contribution in [0.1, 0.15) is 24.0 Å². The van der Waals surface area contributed by atoms with Crippen LogP contribution in [0, 0.1) is 11.7 Å². The van der Waals surface area contributed by atoms with Gasteiger partial charge in [0.25, 0.3) is 0 Å². The fourth-order valence-electron chi connectivity index (χ4n) is 2.61. The van der Waals surface area contributed by atoms with E-state index < -0.39 is 17.6 Å². The molecular weight excluding hydrogens is 274 g/mol. The Kier molecular flexibility index (Phi) is 4.65. The summed E-state index contributed by atoms with van der Waals surface area (Å²) in [6.07, 6.45) is -2.72. The van der Waals surface area contributed by atoms with E-state index in [1.54, 1.807) is 0 Å². The molecule has 1 atom stereocenters. The van der Waals surface area contributed by atoms with Crippen molar-refractivity contribution in [2.45, 2.75) is 25.6 Å². The number of benzene rings is 1. The fourth-order valence-corrected chi connectivity index (χ4v) is 2.61. The van der Waals surface area contributed by atoms with Gasteiger partial charge in [-0.15, -0.1) is 0 Å². The number of aliphatic hydroxyl groups is 1. The van der Waals surface area contributed by atoms with Crippen molar-refractivity contribution in [1.82, 2.24) is 4.90 Å². The molecule has 1 N–H and O–H groups in total. The summed E-state index contributed by atoms with van der Waals surface area (Å²) in [6.45, 7) is 1.74. The highest BCUT2D eigenvalue weighted by atomic mass is 19.4. The molecule has 6 heteroatoms. The molecule has 1 unspecified atom stereocenters. The van der Waals surface area contributed by atoms with E-state index in [1.165, 1.54) is 0 Å². The minimum Gasteiger partial charge on any atom is -0.396 e. The average Bonchev–Trinajstić information content (AvgIpc) is 2.37. The highest BCUT2D eigenvalue weighted by Crippen LogP contribution is 2.31. The third-order valence-corrected chi connectivity index (χ3v) is 3.55. The lowest BCUT2D eigenvalue weighted by Crippen LogP contribution is -2.36. The van der Waals surface area contributed by atoms with Gasteiger partial charge in [0, 0.05) is 19.7 Å². The van der Waals surface area contributed by atoms with Gasteiger partial charge in [-0.2, -0.15) is 13.2 Å². The summed E-state index contributed by atoms with van der Waals surface area (Å²) >= 11 is 0. The van der Waals surface area contributed by atoms with Gasteiger partial charge in [0.15, 0.2) is 0 Å². The zero-order valence-electron chi connectivity index (χ0n) is 11.0. The lowest BCUT2D eigenvalue weighted by atomic mass is 9.98. The molecule has 2 nitrogen and oxygen atoms in total. The zero-order chi connectivity index (χ0) is 14.8. The molecule has 20 heavy (non-hydrogen) atoms. The minimum atomic E-state index is -4.54. The van der Waals surface area contributed by atoms with Gasteiger partial charge in [0.1, 0.15) is 5.82 Å². The summed E-state index contributed by atoms with van der Waals surface area (Å²) in [7, 11) is 0. The molecule has 0 spiro atoms. The van der Waals surface area contributed by atoms with Crippen LogP contribution in [-0.2, 0) is 12.7 Å².